The summed E-state index contributed by atoms with van der Waals surface area (Å²) >= 11 is 0. The van der Waals surface area contributed by atoms with Gasteiger partial charge in [0.1, 0.15) is 0 Å². The van der Waals surface area contributed by atoms with Crippen LogP contribution in [0.4, 0.5) is 0 Å². The highest BCUT2D eigenvalue weighted by molar-refractivity contribution is 5.19. The summed E-state index contributed by atoms with van der Waals surface area (Å²) in [7, 11) is 0. The number of benzene rings is 1. The molecule has 1 unspecified atom stereocenters. The van der Waals surface area contributed by atoms with Gasteiger partial charge in [0.25, 0.3) is 0 Å². The summed E-state index contributed by atoms with van der Waals surface area (Å²) < 4.78 is 0. The normalized spacial score (nSPS) is 14.1. The van der Waals surface area contributed by atoms with Gasteiger partial charge in [0.15, 0.2) is 0 Å². The zero-order valence-electron chi connectivity index (χ0n) is 13.5. The fraction of sp³-hybridized carbons (Fsp3) is 0.474. The molecule has 0 bridgehead atoms. The zero-order valence-corrected chi connectivity index (χ0v) is 13.5. The van der Waals surface area contributed by atoms with Gasteiger partial charge in [-0.05, 0) is 43.2 Å². The monoisotopic (exact) mass is 286 g/mol. The van der Waals surface area contributed by atoms with Crippen LogP contribution in [0.3, 0.4) is 0 Å². The van der Waals surface area contributed by atoms with E-state index in [4.69, 9.17) is 11.5 Å². The first-order chi connectivity index (χ1) is 10.0. The van der Waals surface area contributed by atoms with Gasteiger partial charge in [0.05, 0.1) is 0 Å². The second-order valence-electron chi connectivity index (χ2n) is 6.35. The second-order valence-corrected chi connectivity index (χ2v) is 6.35. The van der Waals surface area contributed by atoms with Crippen LogP contribution in [-0.2, 0) is 0 Å². The van der Waals surface area contributed by atoms with E-state index in [2.05, 4.69) is 50.3 Å². The first-order valence-electron chi connectivity index (χ1n) is 7.86. The van der Waals surface area contributed by atoms with Crippen molar-refractivity contribution < 1.29 is 0 Å². The van der Waals surface area contributed by atoms with Crippen molar-refractivity contribution >= 4 is 0 Å². The molecule has 4 N–H and O–H groups in total. The molecule has 0 saturated carbocycles. The van der Waals surface area contributed by atoms with E-state index in [1.165, 1.54) is 5.56 Å². The molecule has 21 heavy (non-hydrogen) atoms. The fourth-order valence-electron chi connectivity index (χ4n) is 1.99. The maximum atomic E-state index is 6.14. The maximum Gasteiger partial charge on any atom is 0.0329 e. The number of nitrogens with two attached hydrogens (primary N) is 2. The molecule has 0 fully saturated rings. The van der Waals surface area contributed by atoms with Gasteiger partial charge in [-0.25, -0.2) is 0 Å². The lowest BCUT2D eigenvalue weighted by molar-refractivity contribution is 0.384. The Bertz CT molecular complexity index is 432. The third-order valence-corrected chi connectivity index (χ3v) is 3.67. The van der Waals surface area contributed by atoms with Gasteiger partial charge < -0.3 is 11.5 Å². The van der Waals surface area contributed by atoms with Gasteiger partial charge >= 0.3 is 0 Å². The summed E-state index contributed by atoms with van der Waals surface area (Å²) in [6.45, 7) is 5.12. The molecule has 116 valence electrons. The Balaban J connectivity index is 2.17. The van der Waals surface area contributed by atoms with E-state index in [0.29, 0.717) is 0 Å². The number of hydrogen-bond acceptors (Lipinski definition) is 2. The van der Waals surface area contributed by atoms with E-state index in [1.54, 1.807) is 0 Å². The van der Waals surface area contributed by atoms with Crippen molar-refractivity contribution in [3.05, 3.63) is 60.2 Å². The minimum atomic E-state index is 0.100. The van der Waals surface area contributed by atoms with Crippen molar-refractivity contribution in [1.82, 2.24) is 0 Å². The molecule has 0 aliphatic heterocycles. The second kappa shape index (κ2) is 9.54. The SMILES string of the molecule is CC(C)(CN)CC=CCCC=CCC(N)c1ccccc1. The predicted molar refractivity (Wildman–Crippen MR) is 93.0 cm³/mol. The Hall–Kier alpha value is -1.38. The Kier molecular flexibility index (Phi) is 8.03. The summed E-state index contributed by atoms with van der Waals surface area (Å²) in [4.78, 5) is 0. The van der Waals surface area contributed by atoms with Gasteiger partial charge in [-0.3, -0.25) is 0 Å². The van der Waals surface area contributed by atoms with Crippen molar-refractivity contribution in [2.24, 2.45) is 16.9 Å². The Morgan fingerprint density at radius 2 is 1.62 bits per heavy atom. The third kappa shape index (κ3) is 7.84. The minimum absolute atomic E-state index is 0.100. The molecule has 0 aliphatic carbocycles. The Labute approximate surface area is 129 Å². The number of allylic oxidation sites excluding steroid dienone is 3. The summed E-state index contributed by atoms with van der Waals surface area (Å²) in [5.41, 5.74) is 13.3. The molecule has 1 aromatic carbocycles. The fourth-order valence-corrected chi connectivity index (χ4v) is 1.99. The van der Waals surface area contributed by atoms with E-state index in [9.17, 15) is 0 Å². The molecule has 0 aliphatic rings. The van der Waals surface area contributed by atoms with Crippen LogP contribution in [0.15, 0.2) is 54.6 Å². The van der Waals surface area contributed by atoms with Crippen molar-refractivity contribution in [3.63, 3.8) is 0 Å². The summed E-state index contributed by atoms with van der Waals surface area (Å²) in [6.07, 6.45) is 13.0. The van der Waals surface area contributed by atoms with Gasteiger partial charge in [-0.15, -0.1) is 0 Å². The molecule has 0 spiro atoms. The van der Waals surface area contributed by atoms with Crippen LogP contribution in [-0.4, -0.2) is 6.54 Å². The summed E-state index contributed by atoms with van der Waals surface area (Å²) in [6, 6.07) is 10.4. The van der Waals surface area contributed by atoms with E-state index >= 15 is 0 Å². The van der Waals surface area contributed by atoms with Crippen molar-refractivity contribution in [2.75, 3.05) is 6.54 Å². The van der Waals surface area contributed by atoms with Crippen molar-refractivity contribution in [1.29, 1.82) is 0 Å². The number of rotatable bonds is 9. The van der Waals surface area contributed by atoms with Crippen LogP contribution in [0, 0.1) is 5.41 Å². The van der Waals surface area contributed by atoms with Crippen molar-refractivity contribution in [3.8, 4) is 0 Å². The lowest BCUT2D eigenvalue weighted by atomic mass is 9.89. The highest BCUT2D eigenvalue weighted by atomic mass is 14.6. The molecular weight excluding hydrogens is 256 g/mol. The van der Waals surface area contributed by atoms with Gasteiger partial charge in [0, 0.05) is 6.04 Å². The van der Waals surface area contributed by atoms with E-state index in [1.807, 2.05) is 18.2 Å². The Morgan fingerprint density at radius 3 is 2.24 bits per heavy atom. The molecule has 2 heteroatoms. The largest absolute Gasteiger partial charge is 0.330 e. The lowest BCUT2D eigenvalue weighted by Crippen LogP contribution is -2.22. The van der Waals surface area contributed by atoms with E-state index in [0.717, 1.165) is 32.2 Å². The van der Waals surface area contributed by atoms with Gasteiger partial charge in [-0.2, -0.15) is 0 Å². The maximum absolute atomic E-state index is 6.14. The number of unbranched alkanes of at least 4 members (excludes halogenated alkanes) is 1. The predicted octanol–water partition coefficient (Wildman–Crippen LogP) is 4.34. The molecular formula is C19H30N2. The Morgan fingerprint density at radius 1 is 1.00 bits per heavy atom. The van der Waals surface area contributed by atoms with Crippen LogP contribution in [0.2, 0.25) is 0 Å². The van der Waals surface area contributed by atoms with Crippen molar-refractivity contribution in [2.45, 2.75) is 45.6 Å². The molecule has 0 aromatic heterocycles. The third-order valence-electron chi connectivity index (χ3n) is 3.67. The molecule has 2 nitrogen and oxygen atoms in total. The standard InChI is InChI=1S/C19H30N2/c1-19(2,16-20)15-11-6-4-3-5-10-14-18(21)17-12-8-7-9-13-17/h5-13,18H,3-4,14-16,20-21H2,1-2H3. The van der Waals surface area contributed by atoms with Gasteiger partial charge in [-0.1, -0.05) is 68.5 Å². The van der Waals surface area contributed by atoms with E-state index in [-0.39, 0.29) is 11.5 Å². The molecule has 0 saturated heterocycles. The van der Waals surface area contributed by atoms with Crippen LogP contribution in [0.25, 0.3) is 0 Å². The minimum Gasteiger partial charge on any atom is -0.330 e. The van der Waals surface area contributed by atoms with Crippen LogP contribution in [0.1, 0.15) is 51.1 Å². The zero-order chi connectivity index (χ0) is 15.6. The topological polar surface area (TPSA) is 52.0 Å². The van der Waals surface area contributed by atoms with Crippen LogP contribution >= 0.6 is 0 Å². The van der Waals surface area contributed by atoms with Gasteiger partial charge in [0.2, 0.25) is 0 Å². The quantitative estimate of drug-likeness (QED) is 0.524. The number of hydrogen-bond donors (Lipinski definition) is 2. The highest BCUT2D eigenvalue weighted by Crippen LogP contribution is 2.18. The molecule has 0 radical (unpaired) electrons. The first-order valence-corrected chi connectivity index (χ1v) is 7.86. The van der Waals surface area contributed by atoms with Crippen LogP contribution in [0.5, 0.6) is 0 Å². The molecule has 1 rings (SSSR count). The van der Waals surface area contributed by atoms with Crippen LogP contribution < -0.4 is 11.5 Å². The molecule has 0 heterocycles. The smallest absolute Gasteiger partial charge is 0.0329 e. The first kappa shape index (κ1) is 17.7. The summed E-state index contributed by atoms with van der Waals surface area (Å²) in [5, 5.41) is 0. The van der Waals surface area contributed by atoms with E-state index < -0.39 is 0 Å². The summed E-state index contributed by atoms with van der Waals surface area (Å²) in [5.74, 6) is 0. The highest BCUT2D eigenvalue weighted by Gasteiger charge is 2.12. The lowest BCUT2D eigenvalue weighted by Gasteiger charge is -2.19. The average Bonchev–Trinajstić information content (AvgIpc) is 2.50. The molecule has 1 aromatic rings. The average molecular weight is 286 g/mol. The molecule has 1 atom stereocenters. The molecule has 0 amide bonds.